The normalized spacial score (nSPS) is 10.4. The topological polar surface area (TPSA) is 94.4 Å². The van der Waals surface area contributed by atoms with Crippen LogP contribution in [0.3, 0.4) is 0 Å². The number of pyridine rings is 1. The van der Waals surface area contributed by atoms with Gasteiger partial charge in [0.05, 0.1) is 17.1 Å². The third kappa shape index (κ3) is 5.76. The monoisotopic (exact) mass is 365 g/mol. The van der Waals surface area contributed by atoms with Gasteiger partial charge >= 0.3 is 5.97 Å². The van der Waals surface area contributed by atoms with Gasteiger partial charge in [-0.15, -0.1) is 0 Å². The van der Waals surface area contributed by atoms with Crippen LogP contribution in [0.1, 0.15) is 29.6 Å². The number of nitrogens with zero attached hydrogens (tertiary/aromatic N) is 2. The third-order valence-electron chi connectivity index (χ3n) is 3.47. The van der Waals surface area contributed by atoms with E-state index in [0.717, 1.165) is 31.0 Å². The van der Waals surface area contributed by atoms with Crippen molar-refractivity contribution in [3.63, 3.8) is 0 Å². The fourth-order valence-electron chi connectivity index (χ4n) is 2.12. The molecule has 0 saturated heterocycles. The molecule has 26 heavy (non-hydrogen) atoms. The number of hydrogen-bond donors (Lipinski definition) is 1. The Kier molecular flexibility index (Phi) is 6.95. The molecule has 1 aromatic heterocycles. The maximum absolute atomic E-state index is 13.4. The summed E-state index contributed by atoms with van der Waals surface area (Å²) in [5.74, 6) is -1.89. The Morgan fingerprint density at radius 3 is 2.69 bits per heavy atom. The third-order valence-corrected chi connectivity index (χ3v) is 3.47. The zero-order valence-electron chi connectivity index (χ0n) is 13.8. The average molecular weight is 365 g/mol. The lowest BCUT2D eigenvalue weighted by Crippen LogP contribution is -2.09. The number of aromatic nitrogens is 1. The van der Waals surface area contributed by atoms with Gasteiger partial charge in [0.2, 0.25) is 0 Å². The Hall–Kier alpha value is -3.10. The Balaban J connectivity index is 1.61. The molecule has 0 atom stereocenters. The van der Waals surface area contributed by atoms with Crippen molar-refractivity contribution in [2.75, 3.05) is 18.5 Å². The van der Waals surface area contributed by atoms with Gasteiger partial charge in [0.15, 0.2) is 0 Å². The minimum Gasteiger partial charge on any atom is -0.462 e. The molecule has 2 aromatic rings. The fraction of sp³-hybridized carbons (Fsp3) is 0.294. The Bertz CT molecular complexity index is 769. The number of benzene rings is 1. The van der Waals surface area contributed by atoms with E-state index in [-0.39, 0.29) is 12.3 Å². The van der Waals surface area contributed by atoms with Crippen LogP contribution in [0.25, 0.3) is 0 Å². The number of ether oxygens (including phenoxy) is 1. The molecule has 0 fully saturated rings. The molecular weight excluding hydrogens is 348 g/mol. The maximum atomic E-state index is 13.4. The molecule has 2 rings (SSSR count). The first kappa shape index (κ1) is 19.2. The Labute approximate surface area is 148 Å². The van der Waals surface area contributed by atoms with Gasteiger partial charge in [-0.1, -0.05) is 0 Å². The van der Waals surface area contributed by atoms with Crippen molar-refractivity contribution in [3.05, 3.63) is 63.8 Å². The second-order valence-electron chi connectivity index (χ2n) is 5.41. The standard InChI is InChI=1S/C17H17F2N3O4/c18-12-4-6-15(19)14(10-12)17(23)26-9-3-1-2-8-20-16-7-5-13(11-21-16)22(24)25/h4-7,10-11H,1-3,8-9H2,(H,20,21). The van der Waals surface area contributed by atoms with Gasteiger partial charge < -0.3 is 10.1 Å². The van der Waals surface area contributed by atoms with Gasteiger partial charge in [-0.05, 0) is 43.5 Å². The molecule has 0 unspecified atom stereocenters. The number of carbonyl (C=O) groups excluding carboxylic acids is 1. The number of halogens is 2. The van der Waals surface area contributed by atoms with E-state index in [4.69, 9.17) is 4.74 Å². The van der Waals surface area contributed by atoms with E-state index in [9.17, 15) is 23.7 Å². The number of anilines is 1. The van der Waals surface area contributed by atoms with Crippen molar-refractivity contribution in [2.24, 2.45) is 0 Å². The number of hydrogen-bond acceptors (Lipinski definition) is 6. The Morgan fingerprint density at radius 1 is 1.19 bits per heavy atom. The minimum absolute atomic E-state index is 0.0768. The van der Waals surface area contributed by atoms with Crippen LogP contribution in [-0.2, 0) is 4.74 Å². The first-order valence-corrected chi connectivity index (χ1v) is 7.94. The highest BCUT2D eigenvalue weighted by atomic mass is 19.1. The quantitative estimate of drug-likeness (QED) is 0.315. The van der Waals surface area contributed by atoms with E-state index in [0.29, 0.717) is 18.8 Å². The molecule has 7 nitrogen and oxygen atoms in total. The lowest BCUT2D eigenvalue weighted by Gasteiger charge is -2.07. The summed E-state index contributed by atoms with van der Waals surface area (Å²) < 4.78 is 31.3. The van der Waals surface area contributed by atoms with Crippen molar-refractivity contribution >= 4 is 17.5 Å². The number of rotatable bonds is 9. The maximum Gasteiger partial charge on any atom is 0.341 e. The molecule has 0 saturated carbocycles. The van der Waals surface area contributed by atoms with Crippen LogP contribution >= 0.6 is 0 Å². The van der Waals surface area contributed by atoms with Gasteiger partial charge in [-0.3, -0.25) is 10.1 Å². The molecular formula is C17H17F2N3O4. The second kappa shape index (κ2) is 9.40. The van der Waals surface area contributed by atoms with E-state index in [1.54, 1.807) is 0 Å². The van der Waals surface area contributed by atoms with Crippen molar-refractivity contribution in [2.45, 2.75) is 19.3 Å². The average Bonchev–Trinajstić information content (AvgIpc) is 2.63. The molecule has 0 bridgehead atoms. The molecule has 0 radical (unpaired) electrons. The lowest BCUT2D eigenvalue weighted by atomic mass is 10.2. The fourth-order valence-corrected chi connectivity index (χ4v) is 2.12. The van der Waals surface area contributed by atoms with Gasteiger partial charge in [0.25, 0.3) is 5.69 Å². The molecule has 0 aliphatic carbocycles. The van der Waals surface area contributed by atoms with Crippen molar-refractivity contribution in [1.82, 2.24) is 4.98 Å². The van der Waals surface area contributed by atoms with Gasteiger partial charge in [0, 0.05) is 12.6 Å². The summed E-state index contributed by atoms with van der Waals surface area (Å²) in [6, 6.07) is 5.50. The number of unbranched alkanes of at least 4 members (excludes halogenated alkanes) is 2. The van der Waals surface area contributed by atoms with E-state index in [1.165, 1.54) is 18.3 Å². The molecule has 1 aromatic carbocycles. The highest BCUT2D eigenvalue weighted by Gasteiger charge is 2.14. The summed E-state index contributed by atoms with van der Waals surface area (Å²) in [4.78, 5) is 25.6. The molecule has 9 heteroatoms. The molecule has 138 valence electrons. The van der Waals surface area contributed by atoms with E-state index in [2.05, 4.69) is 10.3 Å². The smallest absolute Gasteiger partial charge is 0.341 e. The summed E-state index contributed by atoms with van der Waals surface area (Å²) in [6.45, 7) is 0.696. The van der Waals surface area contributed by atoms with Crippen molar-refractivity contribution in [1.29, 1.82) is 0 Å². The number of carbonyl (C=O) groups is 1. The predicted molar refractivity (Wildman–Crippen MR) is 89.9 cm³/mol. The largest absolute Gasteiger partial charge is 0.462 e. The van der Waals surface area contributed by atoms with E-state index in [1.807, 2.05) is 0 Å². The van der Waals surface area contributed by atoms with Crippen LogP contribution in [0.15, 0.2) is 36.5 Å². The van der Waals surface area contributed by atoms with E-state index < -0.39 is 28.1 Å². The summed E-state index contributed by atoms with van der Waals surface area (Å²) >= 11 is 0. The van der Waals surface area contributed by atoms with Crippen molar-refractivity contribution in [3.8, 4) is 0 Å². The molecule has 1 heterocycles. The number of nitrogens with one attached hydrogen (secondary N) is 1. The summed E-state index contributed by atoms with van der Waals surface area (Å²) in [6.07, 6.45) is 3.23. The van der Waals surface area contributed by atoms with Crippen LogP contribution in [-0.4, -0.2) is 29.0 Å². The molecule has 0 aliphatic heterocycles. The highest BCUT2D eigenvalue weighted by molar-refractivity contribution is 5.89. The summed E-state index contributed by atoms with van der Waals surface area (Å²) in [7, 11) is 0. The van der Waals surface area contributed by atoms with Gasteiger partial charge in [-0.2, -0.15) is 0 Å². The summed E-state index contributed by atoms with van der Waals surface area (Å²) in [5, 5.41) is 13.5. The molecule has 0 aliphatic rings. The van der Waals surface area contributed by atoms with E-state index >= 15 is 0 Å². The van der Waals surface area contributed by atoms with Gasteiger partial charge in [0.1, 0.15) is 23.6 Å². The molecule has 0 spiro atoms. The summed E-state index contributed by atoms with van der Waals surface area (Å²) in [5.41, 5.74) is -0.497. The first-order chi connectivity index (χ1) is 12.5. The highest BCUT2D eigenvalue weighted by Crippen LogP contribution is 2.13. The number of esters is 1. The minimum atomic E-state index is -0.893. The van der Waals surface area contributed by atoms with Crippen LogP contribution in [0.4, 0.5) is 20.3 Å². The molecule has 1 N–H and O–H groups in total. The van der Waals surface area contributed by atoms with Crippen LogP contribution < -0.4 is 5.32 Å². The number of nitro groups is 1. The Morgan fingerprint density at radius 2 is 2.00 bits per heavy atom. The van der Waals surface area contributed by atoms with Crippen molar-refractivity contribution < 1.29 is 23.2 Å². The SMILES string of the molecule is O=C(OCCCCCNc1ccc([N+](=O)[O-])cn1)c1cc(F)ccc1F. The molecule has 0 amide bonds. The lowest BCUT2D eigenvalue weighted by molar-refractivity contribution is -0.385. The van der Waals surface area contributed by atoms with Gasteiger partial charge in [-0.25, -0.2) is 18.6 Å². The zero-order chi connectivity index (χ0) is 18.9. The first-order valence-electron chi connectivity index (χ1n) is 7.94. The van der Waals surface area contributed by atoms with Crippen LogP contribution in [0.2, 0.25) is 0 Å². The van der Waals surface area contributed by atoms with Crippen LogP contribution in [0.5, 0.6) is 0 Å². The predicted octanol–water partition coefficient (Wildman–Crippen LogP) is 3.71. The van der Waals surface area contributed by atoms with Crippen LogP contribution in [0, 0.1) is 21.7 Å². The zero-order valence-corrected chi connectivity index (χ0v) is 13.8. The second-order valence-corrected chi connectivity index (χ2v) is 5.41.